The molecular formula is C18H15F2N3O3S. The Morgan fingerprint density at radius 3 is 2.78 bits per heavy atom. The molecule has 2 amide bonds. The van der Waals surface area contributed by atoms with Crippen LogP contribution in [0.4, 0.5) is 13.9 Å². The summed E-state index contributed by atoms with van der Waals surface area (Å²) in [5.74, 6) is -2.52. The molecule has 0 saturated carbocycles. The topological polar surface area (TPSA) is 84.2 Å². The number of benzene rings is 1. The van der Waals surface area contributed by atoms with Crippen LogP contribution in [0.3, 0.4) is 0 Å². The number of carbonyl (C=O) groups excluding carboxylic acids is 2. The van der Waals surface area contributed by atoms with Crippen molar-refractivity contribution >= 4 is 28.3 Å². The lowest BCUT2D eigenvalue weighted by atomic mass is 10.1. The largest absolute Gasteiger partial charge is 0.459 e. The van der Waals surface area contributed by atoms with Crippen LogP contribution >= 0.6 is 11.3 Å². The first kappa shape index (κ1) is 18.7. The smallest absolute Gasteiger partial charge is 0.293 e. The van der Waals surface area contributed by atoms with Crippen molar-refractivity contribution in [3.05, 3.63) is 70.6 Å². The summed E-state index contributed by atoms with van der Waals surface area (Å²) >= 11 is 1.18. The fourth-order valence-corrected chi connectivity index (χ4v) is 3.04. The Morgan fingerprint density at radius 2 is 2.07 bits per heavy atom. The van der Waals surface area contributed by atoms with Gasteiger partial charge in [-0.3, -0.25) is 14.9 Å². The van der Waals surface area contributed by atoms with Crippen molar-refractivity contribution in [2.75, 3.05) is 5.32 Å². The zero-order valence-electron chi connectivity index (χ0n) is 14.2. The highest BCUT2D eigenvalue weighted by Crippen LogP contribution is 2.19. The van der Waals surface area contributed by atoms with Crippen LogP contribution in [0.1, 0.15) is 34.8 Å². The summed E-state index contributed by atoms with van der Waals surface area (Å²) in [4.78, 5) is 28.2. The molecule has 0 unspecified atom stereocenters. The summed E-state index contributed by atoms with van der Waals surface area (Å²) in [6.07, 6.45) is 1.38. The number of nitrogens with one attached hydrogen (secondary N) is 2. The van der Waals surface area contributed by atoms with Crippen molar-refractivity contribution in [1.29, 1.82) is 0 Å². The number of amides is 2. The van der Waals surface area contributed by atoms with E-state index in [2.05, 4.69) is 15.6 Å². The fourth-order valence-electron chi connectivity index (χ4n) is 2.33. The molecule has 6 nitrogen and oxygen atoms in total. The minimum atomic E-state index is -0.968. The van der Waals surface area contributed by atoms with E-state index in [1.54, 1.807) is 18.4 Å². The number of rotatable bonds is 6. The molecule has 2 aromatic heterocycles. The molecule has 2 heterocycles. The molecular weight excluding hydrogens is 376 g/mol. The highest BCUT2D eigenvalue weighted by Gasteiger charge is 2.15. The standard InChI is InChI=1S/C18H15F2N3O3S/c1-10(11-4-5-13(19)14(20)7-11)21-16(24)8-12-9-27-18(22-12)23-17(25)15-3-2-6-26-15/h2-7,9-10H,8H2,1H3,(H,21,24)(H,22,23,25)/t10-/m1/s1. The van der Waals surface area contributed by atoms with Gasteiger partial charge in [0, 0.05) is 5.38 Å². The molecule has 0 spiro atoms. The van der Waals surface area contributed by atoms with Crippen LogP contribution in [0.5, 0.6) is 0 Å². The molecule has 140 valence electrons. The number of furan rings is 1. The average molecular weight is 391 g/mol. The van der Waals surface area contributed by atoms with Gasteiger partial charge in [0.1, 0.15) is 0 Å². The van der Waals surface area contributed by atoms with Crippen LogP contribution in [-0.2, 0) is 11.2 Å². The Balaban J connectivity index is 1.55. The minimum Gasteiger partial charge on any atom is -0.459 e. The molecule has 1 aromatic carbocycles. The third-order valence-electron chi connectivity index (χ3n) is 3.68. The number of halogens is 2. The van der Waals surface area contributed by atoms with Crippen LogP contribution in [0.2, 0.25) is 0 Å². The lowest BCUT2D eigenvalue weighted by Crippen LogP contribution is -2.28. The molecule has 0 bridgehead atoms. The van der Waals surface area contributed by atoms with Gasteiger partial charge in [-0.25, -0.2) is 13.8 Å². The maximum atomic E-state index is 13.3. The van der Waals surface area contributed by atoms with Gasteiger partial charge in [0.15, 0.2) is 22.5 Å². The molecule has 0 aliphatic carbocycles. The monoisotopic (exact) mass is 391 g/mol. The zero-order valence-corrected chi connectivity index (χ0v) is 15.0. The molecule has 0 aliphatic rings. The Hall–Kier alpha value is -3.07. The number of aromatic nitrogens is 1. The van der Waals surface area contributed by atoms with E-state index in [1.807, 2.05) is 0 Å². The quantitative estimate of drug-likeness (QED) is 0.671. The van der Waals surface area contributed by atoms with E-state index in [9.17, 15) is 18.4 Å². The maximum absolute atomic E-state index is 13.3. The molecule has 27 heavy (non-hydrogen) atoms. The summed E-state index contributed by atoms with van der Waals surface area (Å²) in [5, 5.41) is 7.27. The van der Waals surface area contributed by atoms with Crippen molar-refractivity contribution in [1.82, 2.24) is 10.3 Å². The van der Waals surface area contributed by atoms with Crippen molar-refractivity contribution in [3.8, 4) is 0 Å². The van der Waals surface area contributed by atoms with E-state index < -0.39 is 23.6 Å². The van der Waals surface area contributed by atoms with Gasteiger partial charge in [-0.2, -0.15) is 0 Å². The highest BCUT2D eigenvalue weighted by molar-refractivity contribution is 7.14. The second kappa shape index (κ2) is 8.09. The van der Waals surface area contributed by atoms with Gasteiger partial charge in [0.05, 0.1) is 24.4 Å². The van der Waals surface area contributed by atoms with E-state index in [0.29, 0.717) is 16.4 Å². The number of hydrogen-bond acceptors (Lipinski definition) is 5. The second-order valence-electron chi connectivity index (χ2n) is 5.71. The molecule has 0 saturated heterocycles. The first-order valence-electron chi connectivity index (χ1n) is 7.96. The molecule has 0 fully saturated rings. The van der Waals surface area contributed by atoms with Gasteiger partial charge < -0.3 is 9.73 Å². The van der Waals surface area contributed by atoms with Gasteiger partial charge in [-0.15, -0.1) is 11.3 Å². The van der Waals surface area contributed by atoms with E-state index in [4.69, 9.17) is 4.42 Å². The van der Waals surface area contributed by atoms with Gasteiger partial charge in [-0.1, -0.05) is 6.07 Å². The lowest BCUT2D eigenvalue weighted by Gasteiger charge is -2.14. The SMILES string of the molecule is C[C@@H](NC(=O)Cc1csc(NC(=O)c2ccco2)n1)c1ccc(F)c(F)c1. The third kappa shape index (κ3) is 4.76. The summed E-state index contributed by atoms with van der Waals surface area (Å²) < 4.78 is 31.3. The molecule has 2 N–H and O–H groups in total. The first-order valence-corrected chi connectivity index (χ1v) is 8.84. The average Bonchev–Trinajstić information content (AvgIpc) is 3.29. The maximum Gasteiger partial charge on any atom is 0.293 e. The Kier molecular flexibility index (Phi) is 5.60. The Bertz CT molecular complexity index is 957. The lowest BCUT2D eigenvalue weighted by molar-refractivity contribution is -0.121. The van der Waals surface area contributed by atoms with Crippen molar-refractivity contribution in [2.45, 2.75) is 19.4 Å². The van der Waals surface area contributed by atoms with E-state index in [0.717, 1.165) is 12.1 Å². The molecule has 0 radical (unpaired) electrons. The molecule has 1 atom stereocenters. The van der Waals surface area contributed by atoms with Crippen LogP contribution < -0.4 is 10.6 Å². The van der Waals surface area contributed by atoms with Crippen molar-refractivity contribution < 1.29 is 22.8 Å². The van der Waals surface area contributed by atoms with Crippen LogP contribution in [0, 0.1) is 11.6 Å². The van der Waals surface area contributed by atoms with Gasteiger partial charge in [-0.05, 0) is 36.8 Å². The number of thiazole rings is 1. The normalized spacial score (nSPS) is 11.8. The van der Waals surface area contributed by atoms with Crippen LogP contribution in [0.15, 0.2) is 46.4 Å². The third-order valence-corrected chi connectivity index (χ3v) is 4.49. The van der Waals surface area contributed by atoms with Gasteiger partial charge in [0.25, 0.3) is 5.91 Å². The van der Waals surface area contributed by atoms with E-state index >= 15 is 0 Å². The highest BCUT2D eigenvalue weighted by atomic mass is 32.1. The molecule has 0 aliphatic heterocycles. The van der Waals surface area contributed by atoms with Crippen molar-refractivity contribution in [2.24, 2.45) is 0 Å². The summed E-state index contributed by atoms with van der Waals surface area (Å²) in [5.41, 5.74) is 0.927. The zero-order chi connectivity index (χ0) is 19.4. The molecule has 3 rings (SSSR count). The van der Waals surface area contributed by atoms with Gasteiger partial charge >= 0.3 is 0 Å². The van der Waals surface area contributed by atoms with E-state index in [-0.39, 0.29) is 18.1 Å². The second-order valence-corrected chi connectivity index (χ2v) is 6.57. The van der Waals surface area contributed by atoms with E-state index in [1.165, 1.54) is 29.7 Å². The molecule has 9 heteroatoms. The number of nitrogens with zero attached hydrogens (tertiary/aromatic N) is 1. The number of carbonyl (C=O) groups is 2. The summed E-state index contributed by atoms with van der Waals surface area (Å²) in [6.45, 7) is 1.67. The molecule has 3 aromatic rings. The fraction of sp³-hybridized carbons (Fsp3) is 0.167. The van der Waals surface area contributed by atoms with Gasteiger partial charge in [0.2, 0.25) is 5.91 Å². The predicted octanol–water partition coefficient (Wildman–Crippen LogP) is 3.69. The van der Waals surface area contributed by atoms with Crippen LogP contribution in [0.25, 0.3) is 0 Å². The predicted molar refractivity (Wildman–Crippen MR) is 95.4 cm³/mol. The van der Waals surface area contributed by atoms with Crippen molar-refractivity contribution in [3.63, 3.8) is 0 Å². The number of hydrogen-bond donors (Lipinski definition) is 2. The Morgan fingerprint density at radius 1 is 1.26 bits per heavy atom. The summed E-state index contributed by atoms with van der Waals surface area (Å²) in [7, 11) is 0. The Labute approximate surface area is 157 Å². The number of anilines is 1. The van der Waals surface area contributed by atoms with Crippen LogP contribution in [-0.4, -0.2) is 16.8 Å². The summed E-state index contributed by atoms with van der Waals surface area (Å²) in [6, 6.07) is 6.10. The minimum absolute atomic E-state index is 0.0128. The first-order chi connectivity index (χ1) is 12.9.